The first-order valence-electron chi connectivity index (χ1n) is 8.04. The van der Waals surface area contributed by atoms with Gasteiger partial charge in [-0.1, -0.05) is 48.5 Å². The van der Waals surface area contributed by atoms with Gasteiger partial charge in [-0.3, -0.25) is 9.59 Å². The van der Waals surface area contributed by atoms with Crippen molar-refractivity contribution in [2.24, 2.45) is 0 Å². The summed E-state index contributed by atoms with van der Waals surface area (Å²) in [5.74, 6) is -0.280. The highest BCUT2D eigenvalue weighted by molar-refractivity contribution is 5.92. The van der Waals surface area contributed by atoms with Gasteiger partial charge in [-0.05, 0) is 31.0 Å². The Morgan fingerprint density at radius 3 is 2.32 bits per heavy atom. The lowest BCUT2D eigenvalue weighted by Gasteiger charge is -2.12. The fourth-order valence-electron chi connectivity index (χ4n) is 2.65. The first-order chi connectivity index (χ1) is 12.0. The highest BCUT2D eigenvalue weighted by Crippen LogP contribution is 2.19. The van der Waals surface area contributed by atoms with Crippen molar-refractivity contribution in [1.82, 2.24) is 9.78 Å². The van der Waals surface area contributed by atoms with Crippen molar-refractivity contribution in [3.63, 3.8) is 0 Å². The molecule has 3 rings (SSSR count). The quantitative estimate of drug-likeness (QED) is 0.797. The predicted octanol–water partition coefficient (Wildman–Crippen LogP) is 3.17. The van der Waals surface area contributed by atoms with Crippen LogP contribution in [0.15, 0.2) is 65.5 Å². The van der Waals surface area contributed by atoms with Crippen molar-refractivity contribution in [3.8, 4) is 11.3 Å². The molecule has 1 N–H and O–H groups in total. The number of anilines is 1. The van der Waals surface area contributed by atoms with Gasteiger partial charge in [-0.25, -0.2) is 4.68 Å². The Morgan fingerprint density at radius 2 is 1.64 bits per heavy atom. The molecular weight excluding hydrogens is 314 g/mol. The molecule has 0 atom stereocenters. The van der Waals surface area contributed by atoms with Gasteiger partial charge in [0.25, 0.3) is 5.56 Å². The van der Waals surface area contributed by atoms with Crippen LogP contribution in [-0.2, 0) is 11.3 Å². The molecule has 5 nitrogen and oxygen atoms in total. The topological polar surface area (TPSA) is 64.0 Å². The van der Waals surface area contributed by atoms with E-state index < -0.39 is 0 Å². The maximum atomic E-state index is 12.4. The van der Waals surface area contributed by atoms with Gasteiger partial charge in [0.2, 0.25) is 5.91 Å². The molecule has 0 radical (unpaired) electrons. The second-order valence-electron chi connectivity index (χ2n) is 5.90. The van der Waals surface area contributed by atoms with E-state index in [4.69, 9.17) is 0 Å². The Balaban J connectivity index is 1.83. The van der Waals surface area contributed by atoms with Gasteiger partial charge >= 0.3 is 0 Å². The highest BCUT2D eigenvalue weighted by atomic mass is 16.2. The third-order valence-corrected chi connectivity index (χ3v) is 3.98. The second kappa shape index (κ2) is 7.13. The summed E-state index contributed by atoms with van der Waals surface area (Å²) in [6, 6.07) is 18.4. The van der Waals surface area contributed by atoms with Crippen molar-refractivity contribution in [1.29, 1.82) is 0 Å². The minimum Gasteiger partial charge on any atom is -0.324 e. The standard InChI is InChI=1S/C20H19N3O2/c1-14-7-6-8-15(2)20(14)21-18(24)13-23-19(25)12-11-17(22-23)16-9-4-3-5-10-16/h3-12H,13H2,1-2H3,(H,21,24). The van der Waals surface area contributed by atoms with E-state index in [1.54, 1.807) is 6.07 Å². The molecule has 0 aliphatic carbocycles. The summed E-state index contributed by atoms with van der Waals surface area (Å²) in [6.45, 7) is 3.74. The van der Waals surface area contributed by atoms with Gasteiger partial charge in [-0.2, -0.15) is 5.10 Å². The van der Waals surface area contributed by atoms with E-state index in [0.717, 1.165) is 22.4 Å². The maximum absolute atomic E-state index is 12.4. The molecule has 126 valence electrons. The van der Waals surface area contributed by atoms with Crippen LogP contribution in [0.2, 0.25) is 0 Å². The Morgan fingerprint density at radius 1 is 0.960 bits per heavy atom. The van der Waals surface area contributed by atoms with Crippen molar-refractivity contribution >= 4 is 11.6 Å². The Bertz CT molecular complexity index is 942. The smallest absolute Gasteiger partial charge is 0.267 e. The van der Waals surface area contributed by atoms with Crippen LogP contribution in [-0.4, -0.2) is 15.7 Å². The van der Waals surface area contributed by atoms with Crippen molar-refractivity contribution < 1.29 is 4.79 Å². The van der Waals surface area contributed by atoms with E-state index in [1.807, 2.05) is 62.4 Å². The number of amides is 1. The highest BCUT2D eigenvalue weighted by Gasteiger charge is 2.10. The average Bonchev–Trinajstić information content (AvgIpc) is 2.61. The molecule has 1 aromatic heterocycles. The van der Waals surface area contributed by atoms with E-state index in [2.05, 4.69) is 10.4 Å². The number of hydrogen-bond donors (Lipinski definition) is 1. The van der Waals surface area contributed by atoms with E-state index in [0.29, 0.717) is 5.69 Å². The van der Waals surface area contributed by atoms with Crippen LogP contribution in [0.25, 0.3) is 11.3 Å². The van der Waals surface area contributed by atoms with E-state index >= 15 is 0 Å². The number of rotatable bonds is 4. The molecule has 25 heavy (non-hydrogen) atoms. The fourth-order valence-corrected chi connectivity index (χ4v) is 2.65. The number of benzene rings is 2. The number of para-hydroxylation sites is 1. The minimum absolute atomic E-state index is 0.132. The van der Waals surface area contributed by atoms with Crippen LogP contribution in [0.5, 0.6) is 0 Å². The summed E-state index contributed by atoms with van der Waals surface area (Å²) < 4.78 is 1.19. The molecule has 0 unspecified atom stereocenters. The number of hydrogen-bond acceptors (Lipinski definition) is 3. The first-order valence-corrected chi connectivity index (χ1v) is 8.04. The molecule has 1 heterocycles. The number of nitrogens with zero attached hydrogens (tertiary/aromatic N) is 2. The lowest BCUT2D eigenvalue weighted by atomic mass is 10.1. The Hall–Kier alpha value is -3.21. The summed E-state index contributed by atoms with van der Waals surface area (Å²) >= 11 is 0. The van der Waals surface area contributed by atoms with Crippen LogP contribution in [0.1, 0.15) is 11.1 Å². The van der Waals surface area contributed by atoms with Crippen molar-refractivity contribution in [2.75, 3.05) is 5.32 Å². The molecule has 0 saturated heterocycles. The monoisotopic (exact) mass is 333 g/mol. The maximum Gasteiger partial charge on any atom is 0.267 e. The predicted molar refractivity (Wildman–Crippen MR) is 98.5 cm³/mol. The lowest BCUT2D eigenvalue weighted by Crippen LogP contribution is -2.29. The molecule has 0 fully saturated rings. The zero-order chi connectivity index (χ0) is 17.8. The molecule has 0 saturated carbocycles. The zero-order valence-corrected chi connectivity index (χ0v) is 14.2. The number of aryl methyl sites for hydroxylation is 2. The second-order valence-corrected chi connectivity index (χ2v) is 5.90. The van der Waals surface area contributed by atoms with Gasteiger partial charge < -0.3 is 5.32 Å². The normalized spacial score (nSPS) is 10.5. The Kier molecular flexibility index (Phi) is 4.75. The van der Waals surface area contributed by atoms with E-state index in [9.17, 15) is 9.59 Å². The largest absolute Gasteiger partial charge is 0.324 e. The molecule has 2 aromatic carbocycles. The molecule has 5 heteroatoms. The summed E-state index contributed by atoms with van der Waals surface area (Å²) in [7, 11) is 0. The summed E-state index contributed by atoms with van der Waals surface area (Å²) in [4.78, 5) is 24.4. The molecular formula is C20H19N3O2. The fraction of sp³-hybridized carbons (Fsp3) is 0.150. The van der Waals surface area contributed by atoms with Crippen LogP contribution < -0.4 is 10.9 Å². The SMILES string of the molecule is Cc1cccc(C)c1NC(=O)Cn1nc(-c2ccccc2)ccc1=O. The van der Waals surface area contributed by atoms with Crippen molar-refractivity contribution in [3.05, 3.63) is 82.1 Å². The van der Waals surface area contributed by atoms with Gasteiger partial charge in [-0.15, -0.1) is 0 Å². The van der Waals surface area contributed by atoms with Crippen LogP contribution >= 0.6 is 0 Å². The third kappa shape index (κ3) is 3.83. The molecule has 0 aliphatic heterocycles. The van der Waals surface area contributed by atoms with Gasteiger partial charge in [0, 0.05) is 17.3 Å². The van der Waals surface area contributed by atoms with Crippen LogP contribution in [0.3, 0.4) is 0 Å². The Labute approximate surface area is 145 Å². The van der Waals surface area contributed by atoms with Gasteiger partial charge in [0.05, 0.1) is 5.69 Å². The summed E-state index contributed by atoms with van der Waals surface area (Å²) in [5, 5.41) is 7.19. The van der Waals surface area contributed by atoms with E-state index in [-0.39, 0.29) is 18.0 Å². The lowest BCUT2D eigenvalue weighted by molar-refractivity contribution is -0.117. The molecule has 0 aliphatic rings. The van der Waals surface area contributed by atoms with Crippen molar-refractivity contribution in [2.45, 2.75) is 20.4 Å². The number of carbonyl (C=O) groups excluding carboxylic acids is 1. The van der Waals surface area contributed by atoms with Gasteiger partial charge in [0.1, 0.15) is 6.54 Å². The van der Waals surface area contributed by atoms with Gasteiger partial charge in [0.15, 0.2) is 0 Å². The summed E-state index contributed by atoms with van der Waals surface area (Å²) in [5.41, 5.74) is 3.97. The molecule has 1 amide bonds. The molecule has 0 spiro atoms. The van der Waals surface area contributed by atoms with E-state index in [1.165, 1.54) is 10.7 Å². The third-order valence-electron chi connectivity index (χ3n) is 3.98. The number of nitrogens with one attached hydrogen (secondary N) is 1. The van der Waals surface area contributed by atoms with Crippen LogP contribution in [0, 0.1) is 13.8 Å². The number of carbonyl (C=O) groups is 1. The number of aromatic nitrogens is 2. The summed E-state index contributed by atoms with van der Waals surface area (Å²) in [6.07, 6.45) is 0. The van der Waals surface area contributed by atoms with Crippen LogP contribution in [0.4, 0.5) is 5.69 Å². The average molecular weight is 333 g/mol. The molecule has 3 aromatic rings. The zero-order valence-electron chi connectivity index (χ0n) is 14.2. The minimum atomic E-state index is -0.309. The molecule has 0 bridgehead atoms. The first kappa shape index (κ1) is 16.6.